The first kappa shape index (κ1) is 18.9. The van der Waals surface area contributed by atoms with Crippen molar-refractivity contribution in [2.24, 2.45) is 11.7 Å². The zero-order valence-electron chi connectivity index (χ0n) is 14.6. The molecule has 3 N–H and O–H groups in total. The molecule has 1 fully saturated rings. The number of nitrogens with zero attached hydrogens (tertiary/aromatic N) is 1. The molecule has 0 aromatic heterocycles. The zero-order chi connectivity index (χ0) is 17.4. The topological polar surface area (TPSA) is 79.4 Å². The van der Waals surface area contributed by atoms with Gasteiger partial charge in [-0.15, -0.1) is 0 Å². The van der Waals surface area contributed by atoms with E-state index < -0.39 is 6.10 Å². The smallest absolute Gasteiger partial charge is 0.303 e. The number of benzene rings is 1. The second-order valence-corrected chi connectivity index (χ2v) is 6.91. The van der Waals surface area contributed by atoms with Crippen molar-refractivity contribution in [2.45, 2.75) is 57.6 Å². The molecule has 1 aliphatic carbocycles. The Morgan fingerprint density at radius 2 is 1.96 bits per heavy atom. The van der Waals surface area contributed by atoms with E-state index in [1.54, 1.807) is 0 Å². The quantitative estimate of drug-likeness (QED) is 0.585. The Morgan fingerprint density at radius 3 is 2.58 bits per heavy atom. The third-order valence-corrected chi connectivity index (χ3v) is 4.71. The summed E-state index contributed by atoms with van der Waals surface area (Å²) < 4.78 is 5.42. The van der Waals surface area contributed by atoms with Gasteiger partial charge in [0, 0.05) is 19.5 Å². The summed E-state index contributed by atoms with van der Waals surface area (Å²) in [6, 6.07) is 9.64. The fraction of sp³-hybridized carbons (Fsp3) is 0.632. The molecule has 0 radical (unpaired) electrons. The van der Waals surface area contributed by atoms with E-state index in [2.05, 4.69) is 0 Å². The lowest BCUT2D eigenvalue weighted by Gasteiger charge is -2.37. The highest BCUT2D eigenvalue weighted by atomic mass is 16.5. The number of hydrogen-bond donors (Lipinski definition) is 1. The fourth-order valence-electron chi connectivity index (χ4n) is 3.46. The summed E-state index contributed by atoms with van der Waals surface area (Å²) in [5.41, 5.74) is 7.41. The Hall–Kier alpha value is -1.43. The molecule has 0 heterocycles. The maximum atomic E-state index is 11.4. The van der Waals surface area contributed by atoms with Crippen LogP contribution in [0.25, 0.3) is 5.84 Å². The first-order valence-corrected chi connectivity index (χ1v) is 8.97. The van der Waals surface area contributed by atoms with Crippen LogP contribution >= 0.6 is 0 Å². The molecule has 2 atom stereocenters. The van der Waals surface area contributed by atoms with Crippen molar-refractivity contribution < 1.29 is 9.53 Å². The first-order chi connectivity index (χ1) is 11.5. The molecule has 5 nitrogen and oxygen atoms in total. The van der Waals surface area contributed by atoms with Gasteiger partial charge >= 0.3 is 5.97 Å². The van der Waals surface area contributed by atoms with Gasteiger partial charge in [0.2, 0.25) is 0 Å². The van der Waals surface area contributed by atoms with Gasteiger partial charge in [-0.3, -0.25) is 4.79 Å². The predicted octanol–water partition coefficient (Wildman–Crippen LogP) is 3.34. The summed E-state index contributed by atoms with van der Waals surface area (Å²) >= 11 is 0. The molecule has 5 heteroatoms. The Bertz CT molecular complexity index is 489. The average molecular weight is 332 g/mol. The van der Waals surface area contributed by atoms with Crippen LogP contribution in [-0.4, -0.2) is 36.2 Å². The van der Waals surface area contributed by atoms with E-state index in [9.17, 15) is 4.79 Å². The summed E-state index contributed by atoms with van der Waals surface area (Å²) in [6.07, 6.45) is 6.41. The van der Waals surface area contributed by atoms with Gasteiger partial charge in [0.25, 0.3) is 0 Å². The number of nitrogens with one attached hydrogen (secondary N) is 1. The molecule has 1 aromatic rings. The zero-order valence-corrected chi connectivity index (χ0v) is 14.6. The van der Waals surface area contributed by atoms with Crippen molar-refractivity contribution in [1.29, 1.82) is 0 Å². The number of carbonyl (C=O) groups is 1. The van der Waals surface area contributed by atoms with Crippen LogP contribution in [0.5, 0.6) is 0 Å². The minimum atomic E-state index is -0.455. The Morgan fingerprint density at radius 1 is 1.29 bits per heavy atom. The molecule has 0 saturated heterocycles. The molecule has 1 saturated carbocycles. The van der Waals surface area contributed by atoms with Crippen LogP contribution in [0.1, 0.15) is 44.6 Å². The standard InChI is InChI=1S/C19H30N3O2/c1-15(23)24-19(18(20)12-16-8-4-2-5-9-16)14-22(21)13-17-10-6-3-7-11-17/h2,4-5,8-9,17-19,21H,3,6-7,10-14,20H2,1H3/q-1/t18?,19-/m0/s1. The molecule has 1 aromatic carbocycles. The number of ether oxygens (including phenoxy) is 1. The first-order valence-electron chi connectivity index (χ1n) is 8.97. The Balaban J connectivity index is 1.89. The lowest BCUT2D eigenvalue weighted by Crippen LogP contribution is -2.46. The van der Waals surface area contributed by atoms with E-state index in [0.29, 0.717) is 18.9 Å². The largest absolute Gasteiger partial charge is 0.610 e. The number of esters is 1. The molecular formula is C19H30N3O2-. The average Bonchev–Trinajstić information content (AvgIpc) is 2.55. The van der Waals surface area contributed by atoms with Crippen LogP contribution < -0.4 is 5.73 Å². The van der Waals surface area contributed by atoms with Gasteiger partial charge in [-0.2, -0.15) is 0 Å². The van der Waals surface area contributed by atoms with E-state index in [4.69, 9.17) is 16.3 Å². The van der Waals surface area contributed by atoms with Gasteiger partial charge in [0.05, 0.1) is 0 Å². The summed E-state index contributed by atoms with van der Waals surface area (Å²) in [4.78, 5) is 11.4. The van der Waals surface area contributed by atoms with E-state index in [0.717, 1.165) is 12.1 Å². The van der Waals surface area contributed by atoms with Crippen LogP contribution in [0.3, 0.4) is 0 Å². The highest BCUT2D eigenvalue weighted by molar-refractivity contribution is 5.66. The number of nitrogens with two attached hydrogens (primary N) is 1. The van der Waals surface area contributed by atoms with Crippen molar-refractivity contribution >= 4 is 5.97 Å². The molecule has 0 bridgehead atoms. The monoisotopic (exact) mass is 332 g/mol. The van der Waals surface area contributed by atoms with Gasteiger partial charge in [-0.1, -0.05) is 49.6 Å². The molecule has 0 spiro atoms. The molecule has 24 heavy (non-hydrogen) atoms. The van der Waals surface area contributed by atoms with Crippen molar-refractivity contribution in [1.82, 2.24) is 5.01 Å². The van der Waals surface area contributed by atoms with E-state index in [1.165, 1.54) is 44.0 Å². The van der Waals surface area contributed by atoms with E-state index in [-0.39, 0.29) is 12.0 Å². The van der Waals surface area contributed by atoms with Gasteiger partial charge in [-0.25, -0.2) is 0 Å². The van der Waals surface area contributed by atoms with E-state index in [1.807, 2.05) is 30.3 Å². The maximum Gasteiger partial charge on any atom is 0.303 e. The SMILES string of the molecule is CC(=O)O[C@@H](CN([NH-])CC1CCCCC1)C(N)Cc1ccccc1. The van der Waals surface area contributed by atoms with Crippen LogP contribution in [-0.2, 0) is 16.0 Å². The highest BCUT2D eigenvalue weighted by Gasteiger charge is 2.23. The van der Waals surface area contributed by atoms with Gasteiger partial charge in [0.1, 0.15) is 6.10 Å². The maximum absolute atomic E-state index is 11.4. The third kappa shape index (κ3) is 6.59. The molecule has 1 unspecified atom stereocenters. The van der Waals surface area contributed by atoms with Gasteiger partial charge < -0.3 is 21.3 Å². The summed E-state index contributed by atoms with van der Waals surface area (Å²) in [5.74, 6) is 8.49. The summed E-state index contributed by atoms with van der Waals surface area (Å²) in [6.45, 7) is 2.50. The molecule has 1 aliphatic rings. The lowest BCUT2D eigenvalue weighted by molar-refractivity contribution is -0.148. The third-order valence-electron chi connectivity index (χ3n) is 4.71. The van der Waals surface area contributed by atoms with Crippen molar-refractivity contribution in [3.63, 3.8) is 0 Å². The fourth-order valence-corrected chi connectivity index (χ4v) is 3.46. The van der Waals surface area contributed by atoms with Crippen LogP contribution in [0.2, 0.25) is 0 Å². The van der Waals surface area contributed by atoms with E-state index >= 15 is 0 Å². The Labute approximate surface area is 145 Å². The predicted molar refractivity (Wildman–Crippen MR) is 96.1 cm³/mol. The molecular weight excluding hydrogens is 302 g/mol. The molecule has 0 amide bonds. The number of rotatable bonds is 8. The second-order valence-electron chi connectivity index (χ2n) is 6.91. The summed E-state index contributed by atoms with van der Waals surface area (Å²) in [5, 5.41) is 1.54. The van der Waals surface area contributed by atoms with Crippen molar-refractivity contribution in [2.75, 3.05) is 13.1 Å². The molecule has 134 valence electrons. The molecule has 2 rings (SSSR count). The minimum Gasteiger partial charge on any atom is -0.610 e. The normalized spacial score (nSPS) is 18.3. The van der Waals surface area contributed by atoms with Crippen molar-refractivity contribution in [3.05, 3.63) is 41.7 Å². The summed E-state index contributed by atoms with van der Waals surface area (Å²) in [7, 11) is 0. The van der Waals surface area contributed by atoms with Gasteiger partial charge in [-0.05, 0) is 37.3 Å². The number of carbonyl (C=O) groups excluding carboxylic acids is 1. The van der Waals surface area contributed by atoms with Crippen molar-refractivity contribution in [3.8, 4) is 0 Å². The van der Waals surface area contributed by atoms with Crippen LogP contribution in [0, 0.1) is 5.92 Å². The number of hydrogen-bond acceptors (Lipinski definition) is 4. The second kappa shape index (κ2) is 9.77. The van der Waals surface area contributed by atoms with Crippen LogP contribution in [0.4, 0.5) is 0 Å². The molecule has 0 aliphatic heterocycles. The Kier molecular flexibility index (Phi) is 7.69. The highest BCUT2D eigenvalue weighted by Crippen LogP contribution is 2.24. The minimum absolute atomic E-state index is 0.310. The van der Waals surface area contributed by atoms with Crippen LogP contribution in [0.15, 0.2) is 30.3 Å². The lowest BCUT2D eigenvalue weighted by atomic mass is 9.89. The van der Waals surface area contributed by atoms with Gasteiger partial charge in [0.15, 0.2) is 0 Å².